The molecule has 0 radical (unpaired) electrons. The Hall–Kier alpha value is -3.16. The van der Waals surface area contributed by atoms with E-state index < -0.39 is 23.7 Å². The number of nitrogens with zero attached hydrogens (tertiary/aromatic N) is 2. The zero-order chi connectivity index (χ0) is 23.7. The standard InChI is InChI=1S/C24H26F3N3O2/c1-5-15-30-19(16-9-7-6-8-10-16)28-23(21(30)32,24(25,26)27)29-20(31)17-11-13-18(14-12-17)22(2,3)4/h6-14H,5,15H2,1-4H3,(H,29,31). The molecule has 2 aromatic rings. The van der Waals surface area contributed by atoms with Crippen LogP contribution in [0.4, 0.5) is 13.2 Å². The van der Waals surface area contributed by atoms with Gasteiger partial charge in [-0.25, -0.2) is 4.99 Å². The van der Waals surface area contributed by atoms with E-state index in [1.807, 2.05) is 26.1 Å². The van der Waals surface area contributed by atoms with Gasteiger partial charge >= 0.3 is 11.8 Å². The topological polar surface area (TPSA) is 61.8 Å². The minimum Gasteiger partial charge on any atom is -0.312 e. The number of nitrogens with one attached hydrogen (secondary N) is 1. The van der Waals surface area contributed by atoms with Crippen molar-refractivity contribution in [3.63, 3.8) is 0 Å². The van der Waals surface area contributed by atoms with Crippen molar-refractivity contribution in [2.45, 2.75) is 51.4 Å². The Kier molecular flexibility index (Phi) is 6.18. The minimum atomic E-state index is -5.13. The molecule has 3 rings (SSSR count). The third-order valence-corrected chi connectivity index (χ3v) is 5.28. The van der Waals surface area contributed by atoms with Crippen LogP contribution in [0.3, 0.4) is 0 Å². The van der Waals surface area contributed by atoms with E-state index in [1.165, 1.54) is 12.1 Å². The van der Waals surface area contributed by atoms with E-state index >= 15 is 0 Å². The summed E-state index contributed by atoms with van der Waals surface area (Å²) in [7, 11) is 0. The molecule has 32 heavy (non-hydrogen) atoms. The Morgan fingerprint density at radius 3 is 2.12 bits per heavy atom. The average Bonchev–Trinajstić information content (AvgIpc) is 3.01. The van der Waals surface area contributed by atoms with Crippen LogP contribution in [-0.2, 0) is 10.2 Å². The van der Waals surface area contributed by atoms with E-state index in [0.717, 1.165) is 10.5 Å². The molecule has 1 heterocycles. The molecule has 0 aromatic heterocycles. The second-order valence-electron chi connectivity index (χ2n) is 8.75. The quantitative estimate of drug-likeness (QED) is 0.727. The molecule has 0 bridgehead atoms. The fourth-order valence-corrected chi connectivity index (χ4v) is 3.49. The number of amides is 2. The van der Waals surface area contributed by atoms with Crippen LogP contribution in [0.2, 0.25) is 0 Å². The zero-order valence-corrected chi connectivity index (χ0v) is 18.5. The third kappa shape index (κ3) is 4.26. The van der Waals surface area contributed by atoms with E-state index in [0.29, 0.717) is 12.0 Å². The lowest BCUT2D eigenvalue weighted by molar-refractivity contribution is -0.196. The molecule has 1 N–H and O–H groups in total. The highest BCUT2D eigenvalue weighted by Gasteiger charge is 2.67. The van der Waals surface area contributed by atoms with Gasteiger partial charge in [-0.2, -0.15) is 13.2 Å². The minimum absolute atomic E-state index is 0.0137. The van der Waals surface area contributed by atoms with E-state index in [1.54, 1.807) is 49.4 Å². The van der Waals surface area contributed by atoms with E-state index in [4.69, 9.17) is 0 Å². The highest BCUT2D eigenvalue weighted by molar-refractivity contribution is 6.16. The molecule has 0 spiro atoms. The Morgan fingerprint density at radius 2 is 1.62 bits per heavy atom. The first kappa shape index (κ1) is 23.5. The predicted molar refractivity (Wildman–Crippen MR) is 116 cm³/mol. The van der Waals surface area contributed by atoms with Crippen molar-refractivity contribution in [1.82, 2.24) is 10.2 Å². The molecule has 170 valence electrons. The lowest BCUT2D eigenvalue weighted by Gasteiger charge is -2.29. The van der Waals surface area contributed by atoms with Gasteiger partial charge in [0.05, 0.1) is 0 Å². The molecule has 5 nitrogen and oxygen atoms in total. The Bertz CT molecular complexity index is 1030. The lowest BCUT2D eigenvalue weighted by Crippen LogP contribution is -2.63. The Morgan fingerprint density at radius 1 is 1.03 bits per heavy atom. The van der Waals surface area contributed by atoms with E-state index in [9.17, 15) is 22.8 Å². The number of aliphatic imine (C=N–C) groups is 1. The fraction of sp³-hybridized carbons (Fsp3) is 0.375. The van der Waals surface area contributed by atoms with Crippen LogP contribution in [0.1, 0.15) is 55.6 Å². The van der Waals surface area contributed by atoms with Crippen LogP contribution in [0.25, 0.3) is 0 Å². The summed E-state index contributed by atoms with van der Waals surface area (Å²) in [5, 5.41) is 1.90. The molecule has 2 amide bonds. The summed E-state index contributed by atoms with van der Waals surface area (Å²) in [6, 6.07) is 14.4. The zero-order valence-electron chi connectivity index (χ0n) is 18.5. The third-order valence-electron chi connectivity index (χ3n) is 5.28. The summed E-state index contributed by atoms with van der Waals surface area (Å²) < 4.78 is 42.9. The number of carbonyl (C=O) groups excluding carboxylic acids is 2. The first-order chi connectivity index (χ1) is 14.9. The molecule has 1 unspecified atom stereocenters. The largest absolute Gasteiger partial charge is 0.442 e. The van der Waals surface area contributed by atoms with Gasteiger partial charge in [0.2, 0.25) is 0 Å². The number of hydrogen-bond donors (Lipinski definition) is 1. The summed E-state index contributed by atoms with van der Waals surface area (Å²) in [6.07, 6.45) is -4.71. The first-order valence-electron chi connectivity index (χ1n) is 10.4. The second kappa shape index (κ2) is 8.41. The van der Waals surface area contributed by atoms with Crippen molar-refractivity contribution < 1.29 is 22.8 Å². The summed E-state index contributed by atoms with van der Waals surface area (Å²) >= 11 is 0. The van der Waals surface area contributed by atoms with E-state index in [2.05, 4.69) is 4.99 Å². The van der Waals surface area contributed by atoms with Crippen LogP contribution in [0.5, 0.6) is 0 Å². The van der Waals surface area contributed by atoms with Crippen LogP contribution in [-0.4, -0.2) is 40.9 Å². The number of halogens is 3. The normalized spacial score (nSPS) is 19.2. The smallest absolute Gasteiger partial charge is 0.312 e. The molecule has 1 aliphatic heterocycles. The first-order valence-corrected chi connectivity index (χ1v) is 10.4. The van der Waals surface area contributed by atoms with Crippen molar-refractivity contribution in [3.05, 3.63) is 71.3 Å². The average molecular weight is 445 g/mol. The van der Waals surface area contributed by atoms with Gasteiger partial charge in [0, 0.05) is 17.7 Å². The van der Waals surface area contributed by atoms with Gasteiger partial charge < -0.3 is 5.32 Å². The molecule has 0 saturated heterocycles. The Balaban J connectivity index is 2.03. The molecule has 1 aliphatic rings. The van der Waals surface area contributed by atoms with Crippen LogP contribution in [0, 0.1) is 0 Å². The number of alkyl halides is 3. The van der Waals surface area contributed by atoms with Crippen molar-refractivity contribution >= 4 is 17.6 Å². The second-order valence-corrected chi connectivity index (χ2v) is 8.75. The lowest BCUT2D eigenvalue weighted by atomic mass is 9.86. The van der Waals surface area contributed by atoms with Gasteiger partial charge in [-0.3, -0.25) is 14.5 Å². The highest BCUT2D eigenvalue weighted by Crippen LogP contribution is 2.38. The van der Waals surface area contributed by atoms with Crippen molar-refractivity contribution in [2.24, 2.45) is 4.99 Å². The molecule has 2 aromatic carbocycles. The summed E-state index contributed by atoms with van der Waals surface area (Å²) in [6.45, 7) is 7.75. The number of amidine groups is 1. The van der Waals surface area contributed by atoms with Gasteiger partial charge in [-0.05, 0) is 29.5 Å². The van der Waals surface area contributed by atoms with Crippen LogP contribution < -0.4 is 5.32 Å². The summed E-state index contributed by atoms with van der Waals surface area (Å²) in [5.41, 5.74) is -2.26. The maximum Gasteiger partial charge on any atom is 0.442 e. The van der Waals surface area contributed by atoms with Gasteiger partial charge in [0.25, 0.3) is 11.8 Å². The molecule has 0 aliphatic carbocycles. The maximum absolute atomic E-state index is 14.3. The maximum atomic E-state index is 14.3. The van der Waals surface area contributed by atoms with Gasteiger partial charge in [-0.1, -0.05) is 70.2 Å². The SMILES string of the molecule is CCCN1C(=O)C(NC(=O)c2ccc(C(C)(C)C)cc2)(C(F)(F)F)N=C1c1ccccc1. The van der Waals surface area contributed by atoms with Crippen molar-refractivity contribution in [3.8, 4) is 0 Å². The monoisotopic (exact) mass is 445 g/mol. The highest BCUT2D eigenvalue weighted by atomic mass is 19.4. The van der Waals surface area contributed by atoms with E-state index in [-0.39, 0.29) is 23.4 Å². The Labute approximate surface area is 185 Å². The summed E-state index contributed by atoms with van der Waals surface area (Å²) in [5.74, 6) is -2.45. The molecule has 8 heteroatoms. The predicted octanol–water partition coefficient (Wildman–Crippen LogP) is 4.67. The van der Waals surface area contributed by atoms with Crippen LogP contribution >= 0.6 is 0 Å². The molecule has 0 saturated carbocycles. The fourth-order valence-electron chi connectivity index (χ4n) is 3.49. The number of benzene rings is 2. The van der Waals surface area contributed by atoms with Crippen molar-refractivity contribution in [2.75, 3.05) is 6.54 Å². The number of carbonyl (C=O) groups is 2. The molecule has 0 fully saturated rings. The van der Waals surface area contributed by atoms with Crippen molar-refractivity contribution in [1.29, 1.82) is 0 Å². The molecular weight excluding hydrogens is 419 g/mol. The molecule has 1 atom stereocenters. The van der Waals surface area contributed by atoms with Crippen LogP contribution in [0.15, 0.2) is 59.6 Å². The number of hydrogen-bond acceptors (Lipinski definition) is 3. The van der Waals surface area contributed by atoms with Gasteiger partial charge in [0.15, 0.2) is 0 Å². The van der Waals surface area contributed by atoms with Gasteiger partial charge in [-0.15, -0.1) is 0 Å². The molecular formula is C24H26F3N3O2. The van der Waals surface area contributed by atoms with Gasteiger partial charge in [0.1, 0.15) is 5.84 Å². The number of rotatable bonds is 5. The summed E-state index contributed by atoms with van der Waals surface area (Å²) in [4.78, 5) is 30.7.